The fourth-order valence-electron chi connectivity index (χ4n) is 1.55. The van der Waals surface area contributed by atoms with E-state index >= 15 is 0 Å². The number of rotatable bonds is 6. The Balaban J connectivity index is 2.62. The molecule has 0 amide bonds. The third-order valence-electron chi connectivity index (χ3n) is 2.46. The zero-order chi connectivity index (χ0) is 12.8. The van der Waals surface area contributed by atoms with E-state index in [1.54, 1.807) is 0 Å². The highest BCUT2D eigenvalue weighted by Crippen LogP contribution is 2.10. The number of hydrogen-bond donors (Lipinski definition) is 4. The minimum Gasteiger partial charge on any atom is -0.480 e. The average molecular weight is 237 g/mol. The molecule has 0 aliphatic heterocycles. The third-order valence-corrected chi connectivity index (χ3v) is 2.46. The zero-order valence-corrected chi connectivity index (χ0v) is 9.41. The van der Waals surface area contributed by atoms with Crippen LogP contribution in [0.1, 0.15) is 11.1 Å². The topological polar surface area (TPSA) is 104 Å². The second-order valence-corrected chi connectivity index (χ2v) is 3.99. The summed E-state index contributed by atoms with van der Waals surface area (Å²) >= 11 is 0. The number of aryl methyl sites for hydroxylation is 1. The first kappa shape index (κ1) is 13.7. The largest absolute Gasteiger partial charge is 0.480 e. The van der Waals surface area contributed by atoms with Gasteiger partial charge in [0.05, 0.1) is 0 Å². The monoisotopic (exact) mass is 237 g/mol. The van der Waals surface area contributed by atoms with Crippen LogP contribution in [0, 0.1) is 0 Å². The lowest BCUT2D eigenvalue weighted by Gasteiger charge is -2.08. The van der Waals surface area contributed by atoms with Gasteiger partial charge in [-0.25, -0.2) is 0 Å². The van der Waals surface area contributed by atoms with Crippen LogP contribution in [0.15, 0.2) is 24.3 Å². The quantitative estimate of drug-likeness (QED) is 0.506. The van der Waals surface area contributed by atoms with E-state index in [-0.39, 0.29) is 12.7 Å². The van der Waals surface area contributed by atoms with Crippen molar-refractivity contribution in [3.05, 3.63) is 35.4 Å². The second-order valence-electron chi connectivity index (χ2n) is 3.99. The molecule has 1 aromatic carbocycles. The van der Waals surface area contributed by atoms with E-state index in [1.807, 2.05) is 24.3 Å². The Kier molecular flexibility index (Phi) is 5.15. The van der Waals surface area contributed by atoms with Crippen LogP contribution >= 0.6 is 0 Å². The normalized spacial score (nSPS) is 12.2. The van der Waals surface area contributed by atoms with Crippen LogP contribution in [0.3, 0.4) is 0 Å². The predicted molar refractivity (Wildman–Crippen MR) is 64.5 cm³/mol. The molecule has 6 heteroatoms. The summed E-state index contributed by atoms with van der Waals surface area (Å²) in [4.78, 5) is 10.6. The lowest BCUT2D eigenvalue weighted by atomic mass is 9.82. The highest BCUT2D eigenvalue weighted by Gasteiger charge is 2.12. The summed E-state index contributed by atoms with van der Waals surface area (Å²) in [5, 5.41) is 26.2. The van der Waals surface area contributed by atoms with Gasteiger partial charge in [-0.3, -0.25) is 4.79 Å². The van der Waals surface area contributed by atoms with Gasteiger partial charge in [0.25, 0.3) is 0 Å². The van der Waals surface area contributed by atoms with E-state index in [2.05, 4.69) is 0 Å². The number of benzene rings is 1. The number of carboxylic acid groups (broad SMARTS) is 1. The summed E-state index contributed by atoms with van der Waals surface area (Å²) in [6.07, 6.45) is 1.06. The van der Waals surface area contributed by atoms with Gasteiger partial charge in [0.1, 0.15) is 6.04 Å². The van der Waals surface area contributed by atoms with E-state index in [1.165, 1.54) is 0 Å². The first-order valence-corrected chi connectivity index (χ1v) is 5.41. The summed E-state index contributed by atoms with van der Waals surface area (Å²) in [6, 6.07) is 6.40. The van der Waals surface area contributed by atoms with Gasteiger partial charge < -0.3 is 20.9 Å². The van der Waals surface area contributed by atoms with Crippen LogP contribution in [0.4, 0.5) is 0 Å². The molecule has 17 heavy (non-hydrogen) atoms. The van der Waals surface area contributed by atoms with E-state index in [0.717, 1.165) is 11.1 Å². The maximum Gasteiger partial charge on any atom is 0.451 e. The number of carboxylic acids is 1. The van der Waals surface area contributed by atoms with E-state index in [9.17, 15) is 4.79 Å². The molecule has 1 atom stereocenters. The van der Waals surface area contributed by atoms with Gasteiger partial charge in [-0.05, 0) is 30.3 Å². The van der Waals surface area contributed by atoms with Crippen molar-refractivity contribution in [1.82, 2.24) is 0 Å². The van der Waals surface area contributed by atoms with Gasteiger partial charge in [-0.15, -0.1) is 0 Å². The molecular formula is C11H16BNO4. The molecule has 1 aromatic rings. The SMILES string of the molecule is NC(Cc1cccc(CCB(O)O)c1)C(=O)O. The first-order valence-electron chi connectivity index (χ1n) is 5.41. The smallest absolute Gasteiger partial charge is 0.451 e. The lowest BCUT2D eigenvalue weighted by Crippen LogP contribution is -2.32. The molecule has 0 heterocycles. The standard InChI is InChI=1S/C11H16BNO4/c13-10(11(14)15)7-9-3-1-2-8(6-9)4-5-12(16)17/h1-3,6,10,16-17H,4-5,7,13H2,(H,14,15). The molecule has 5 N–H and O–H groups in total. The molecule has 92 valence electrons. The molecule has 0 aromatic heterocycles. The first-order chi connectivity index (χ1) is 7.99. The Morgan fingerprint density at radius 2 is 2.00 bits per heavy atom. The molecule has 0 saturated carbocycles. The molecule has 0 aliphatic carbocycles. The highest BCUT2D eigenvalue weighted by molar-refractivity contribution is 6.40. The van der Waals surface area contributed by atoms with Crippen molar-refractivity contribution in [3.63, 3.8) is 0 Å². The lowest BCUT2D eigenvalue weighted by molar-refractivity contribution is -0.138. The Bertz CT molecular complexity index is 383. The summed E-state index contributed by atoms with van der Waals surface area (Å²) in [5.41, 5.74) is 7.22. The summed E-state index contributed by atoms with van der Waals surface area (Å²) in [6.45, 7) is 0. The number of carbonyl (C=O) groups is 1. The van der Waals surface area contributed by atoms with Crippen LogP contribution in [0.5, 0.6) is 0 Å². The molecule has 0 bridgehead atoms. The molecule has 1 unspecified atom stereocenters. The van der Waals surface area contributed by atoms with Gasteiger partial charge in [0, 0.05) is 0 Å². The molecule has 1 rings (SSSR count). The molecular weight excluding hydrogens is 221 g/mol. The minimum atomic E-state index is -1.32. The average Bonchev–Trinajstić information content (AvgIpc) is 2.26. The summed E-state index contributed by atoms with van der Waals surface area (Å²) in [5.74, 6) is -1.03. The van der Waals surface area contributed by atoms with Gasteiger partial charge in [0.2, 0.25) is 0 Å². The van der Waals surface area contributed by atoms with Crippen LogP contribution in [-0.2, 0) is 17.6 Å². The maximum absolute atomic E-state index is 10.6. The Morgan fingerprint density at radius 1 is 1.35 bits per heavy atom. The second kappa shape index (κ2) is 6.39. The van der Waals surface area contributed by atoms with Gasteiger partial charge in [-0.2, -0.15) is 0 Å². The van der Waals surface area contributed by atoms with E-state index in [0.29, 0.717) is 6.42 Å². The fourth-order valence-corrected chi connectivity index (χ4v) is 1.55. The number of hydrogen-bond acceptors (Lipinski definition) is 4. The van der Waals surface area contributed by atoms with Crippen LogP contribution < -0.4 is 5.73 Å². The minimum absolute atomic E-state index is 0.258. The number of nitrogens with two attached hydrogens (primary N) is 1. The Hall–Kier alpha value is -1.37. The molecule has 0 spiro atoms. The number of aliphatic carboxylic acids is 1. The van der Waals surface area contributed by atoms with Crippen molar-refractivity contribution >= 4 is 13.1 Å². The molecule has 0 fully saturated rings. The van der Waals surface area contributed by atoms with Crippen molar-refractivity contribution in [2.75, 3.05) is 0 Å². The summed E-state index contributed by atoms with van der Waals surface area (Å²) < 4.78 is 0. The molecule has 0 radical (unpaired) electrons. The van der Waals surface area contributed by atoms with E-state index in [4.69, 9.17) is 20.9 Å². The van der Waals surface area contributed by atoms with Crippen LogP contribution in [-0.4, -0.2) is 34.3 Å². The Labute approximate surface area is 100 Å². The molecule has 0 saturated heterocycles. The Morgan fingerprint density at radius 3 is 2.59 bits per heavy atom. The molecule has 5 nitrogen and oxygen atoms in total. The van der Waals surface area contributed by atoms with Crippen molar-refractivity contribution < 1.29 is 19.9 Å². The van der Waals surface area contributed by atoms with Crippen molar-refractivity contribution in [2.24, 2.45) is 5.73 Å². The zero-order valence-electron chi connectivity index (χ0n) is 9.41. The van der Waals surface area contributed by atoms with Crippen molar-refractivity contribution in [3.8, 4) is 0 Å². The van der Waals surface area contributed by atoms with Crippen molar-refractivity contribution in [1.29, 1.82) is 0 Å². The van der Waals surface area contributed by atoms with Gasteiger partial charge in [-0.1, -0.05) is 24.3 Å². The third kappa shape index (κ3) is 4.99. The van der Waals surface area contributed by atoms with Crippen molar-refractivity contribution in [2.45, 2.75) is 25.2 Å². The van der Waals surface area contributed by atoms with Gasteiger partial charge >= 0.3 is 13.1 Å². The van der Waals surface area contributed by atoms with Crippen LogP contribution in [0.2, 0.25) is 6.32 Å². The van der Waals surface area contributed by atoms with Gasteiger partial charge in [0.15, 0.2) is 0 Å². The maximum atomic E-state index is 10.6. The molecule has 0 aliphatic rings. The summed E-state index contributed by atoms with van der Waals surface area (Å²) in [7, 11) is -1.32. The fraction of sp³-hybridized carbons (Fsp3) is 0.364. The van der Waals surface area contributed by atoms with E-state index < -0.39 is 19.1 Å². The highest BCUT2D eigenvalue weighted by atomic mass is 16.4. The van der Waals surface area contributed by atoms with Crippen LogP contribution in [0.25, 0.3) is 0 Å². The predicted octanol–water partition coefficient (Wildman–Crippen LogP) is -0.344.